The van der Waals surface area contributed by atoms with Crippen molar-refractivity contribution >= 4 is 33.0 Å². The van der Waals surface area contributed by atoms with Gasteiger partial charge in [0.05, 0.1) is 5.69 Å². The van der Waals surface area contributed by atoms with Crippen LogP contribution in [0.4, 0.5) is 5.69 Å². The Morgan fingerprint density at radius 2 is 1.86 bits per heavy atom. The Morgan fingerprint density at radius 1 is 1.04 bits per heavy atom. The fourth-order valence-electron chi connectivity index (χ4n) is 4.03. The van der Waals surface area contributed by atoms with Crippen molar-refractivity contribution in [2.45, 2.75) is 25.7 Å². The molecule has 138 valence electrons. The third-order valence-electron chi connectivity index (χ3n) is 5.35. The van der Waals surface area contributed by atoms with Gasteiger partial charge in [-0.15, -0.1) is 11.3 Å². The van der Waals surface area contributed by atoms with Gasteiger partial charge in [-0.2, -0.15) is 0 Å². The molecular weight excluding hydrogens is 366 g/mol. The molecule has 0 atom stereocenters. The third kappa shape index (κ3) is 2.70. The Balaban J connectivity index is 1.79. The molecule has 5 heteroatoms. The molecule has 0 saturated heterocycles. The first-order valence-corrected chi connectivity index (χ1v) is 10.3. The van der Waals surface area contributed by atoms with Crippen LogP contribution in [-0.4, -0.2) is 15.8 Å². The number of ketones is 1. The molecule has 1 aromatic carbocycles. The highest BCUT2D eigenvalue weighted by molar-refractivity contribution is 7.21. The van der Waals surface area contributed by atoms with Gasteiger partial charge in [0.2, 0.25) is 5.78 Å². The molecule has 0 unspecified atom stereocenters. The zero-order valence-corrected chi connectivity index (χ0v) is 16.1. The Bertz CT molecular complexity index is 1180. The van der Waals surface area contributed by atoms with E-state index in [2.05, 4.69) is 11.1 Å². The summed E-state index contributed by atoms with van der Waals surface area (Å²) in [6.07, 6.45) is 7.90. The van der Waals surface area contributed by atoms with Gasteiger partial charge in [-0.1, -0.05) is 36.4 Å². The van der Waals surface area contributed by atoms with E-state index in [-0.39, 0.29) is 5.78 Å². The molecule has 5 rings (SSSR count). The average molecular weight is 385 g/mol. The summed E-state index contributed by atoms with van der Waals surface area (Å²) in [7, 11) is 0. The molecule has 4 aromatic rings. The summed E-state index contributed by atoms with van der Waals surface area (Å²) in [6, 6.07) is 13.3. The summed E-state index contributed by atoms with van der Waals surface area (Å²) in [5.74, 6) is -0.0452. The van der Waals surface area contributed by atoms with Crippen LogP contribution in [0.2, 0.25) is 0 Å². The normalized spacial score (nSPS) is 13.4. The standard InChI is InChI=1S/C23H19N3OS/c24-20-19-18(15-9-6-12-25-13-15)16-10-4-5-11-17(16)26-23(19)28-22(20)21(27)14-7-2-1-3-8-14/h1-3,6-9,12-13H,4-5,10-11,24H2. The number of nitrogens with zero attached hydrogens (tertiary/aromatic N) is 2. The van der Waals surface area contributed by atoms with E-state index >= 15 is 0 Å². The molecular formula is C23H19N3OS. The van der Waals surface area contributed by atoms with Gasteiger partial charge in [0.15, 0.2) is 0 Å². The molecule has 0 spiro atoms. The molecule has 0 amide bonds. The second-order valence-corrected chi connectivity index (χ2v) is 8.08. The summed E-state index contributed by atoms with van der Waals surface area (Å²) < 4.78 is 0. The number of thiophene rings is 1. The van der Waals surface area contributed by atoms with Crippen LogP contribution in [0.25, 0.3) is 21.3 Å². The van der Waals surface area contributed by atoms with Crippen LogP contribution in [0.3, 0.4) is 0 Å². The van der Waals surface area contributed by atoms with Crippen molar-refractivity contribution in [3.63, 3.8) is 0 Å². The number of carbonyl (C=O) groups excluding carboxylic acids is 1. The first kappa shape index (κ1) is 17.1. The lowest BCUT2D eigenvalue weighted by molar-refractivity contribution is 0.104. The largest absolute Gasteiger partial charge is 0.397 e. The van der Waals surface area contributed by atoms with E-state index in [1.54, 1.807) is 6.20 Å². The van der Waals surface area contributed by atoms with Crippen molar-refractivity contribution in [1.82, 2.24) is 9.97 Å². The summed E-state index contributed by atoms with van der Waals surface area (Å²) in [6.45, 7) is 0. The summed E-state index contributed by atoms with van der Waals surface area (Å²) >= 11 is 1.40. The summed E-state index contributed by atoms with van der Waals surface area (Å²) in [4.78, 5) is 23.7. The number of aromatic nitrogens is 2. The van der Waals surface area contributed by atoms with E-state index in [0.29, 0.717) is 16.1 Å². The van der Waals surface area contributed by atoms with Gasteiger partial charge < -0.3 is 5.73 Å². The molecule has 0 aliphatic heterocycles. The van der Waals surface area contributed by atoms with Crippen molar-refractivity contribution in [3.05, 3.63) is 76.6 Å². The first-order valence-electron chi connectivity index (χ1n) is 9.48. The maximum Gasteiger partial charge on any atom is 0.205 e. The van der Waals surface area contributed by atoms with Crippen LogP contribution < -0.4 is 5.73 Å². The zero-order valence-electron chi connectivity index (χ0n) is 15.3. The van der Waals surface area contributed by atoms with Crippen molar-refractivity contribution in [3.8, 4) is 11.1 Å². The third-order valence-corrected chi connectivity index (χ3v) is 6.44. The molecule has 0 fully saturated rings. The Labute approximate surface area is 167 Å². The lowest BCUT2D eigenvalue weighted by Gasteiger charge is -2.20. The average Bonchev–Trinajstić information content (AvgIpc) is 3.08. The number of nitrogens with two attached hydrogens (primary N) is 1. The number of hydrogen-bond donors (Lipinski definition) is 1. The topological polar surface area (TPSA) is 68.9 Å². The minimum absolute atomic E-state index is 0.0452. The van der Waals surface area contributed by atoms with Crippen molar-refractivity contribution < 1.29 is 4.79 Å². The highest BCUT2D eigenvalue weighted by atomic mass is 32.1. The smallest absolute Gasteiger partial charge is 0.205 e. The number of fused-ring (bicyclic) bond motifs is 2. The first-order chi connectivity index (χ1) is 13.7. The fourth-order valence-corrected chi connectivity index (χ4v) is 5.11. The fraction of sp³-hybridized carbons (Fsp3) is 0.174. The van der Waals surface area contributed by atoms with E-state index in [4.69, 9.17) is 10.7 Å². The summed E-state index contributed by atoms with van der Waals surface area (Å²) in [5, 5.41) is 0.901. The maximum atomic E-state index is 13.1. The molecule has 3 aromatic heterocycles. The van der Waals surface area contributed by atoms with E-state index in [0.717, 1.165) is 52.7 Å². The number of rotatable bonds is 3. The van der Waals surface area contributed by atoms with E-state index in [1.165, 1.54) is 16.9 Å². The SMILES string of the molecule is Nc1c(C(=O)c2ccccc2)sc2nc3c(c(-c4cccnc4)c12)CCCC3. The van der Waals surface area contributed by atoms with Crippen molar-refractivity contribution in [2.24, 2.45) is 0 Å². The molecule has 3 heterocycles. The second-order valence-electron chi connectivity index (χ2n) is 7.08. The van der Waals surface area contributed by atoms with Crippen LogP contribution in [0.5, 0.6) is 0 Å². The molecule has 4 nitrogen and oxygen atoms in total. The molecule has 2 N–H and O–H groups in total. The lowest BCUT2D eigenvalue weighted by Crippen LogP contribution is -2.08. The van der Waals surface area contributed by atoms with Gasteiger partial charge in [-0.25, -0.2) is 4.98 Å². The molecule has 1 aliphatic rings. The number of anilines is 1. The van der Waals surface area contributed by atoms with E-state index in [9.17, 15) is 4.79 Å². The predicted octanol–water partition coefficient (Wildman–Crippen LogP) is 5.05. The van der Waals surface area contributed by atoms with E-state index < -0.39 is 0 Å². The van der Waals surface area contributed by atoms with Gasteiger partial charge in [0.1, 0.15) is 9.71 Å². The highest BCUT2D eigenvalue weighted by Crippen LogP contribution is 2.44. The number of pyridine rings is 2. The molecule has 1 aliphatic carbocycles. The predicted molar refractivity (Wildman–Crippen MR) is 114 cm³/mol. The van der Waals surface area contributed by atoms with Gasteiger partial charge in [0, 0.05) is 40.2 Å². The molecule has 28 heavy (non-hydrogen) atoms. The number of carbonyl (C=O) groups is 1. The van der Waals surface area contributed by atoms with Crippen LogP contribution in [0.15, 0.2) is 54.9 Å². The molecule has 0 radical (unpaired) electrons. The number of nitrogen functional groups attached to an aromatic ring is 1. The van der Waals surface area contributed by atoms with Gasteiger partial charge >= 0.3 is 0 Å². The monoisotopic (exact) mass is 385 g/mol. The van der Waals surface area contributed by atoms with Crippen LogP contribution in [-0.2, 0) is 12.8 Å². The van der Waals surface area contributed by atoms with Crippen LogP contribution in [0, 0.1) is 0 Å². The van der Waals surface area contributed by atoms with Gasteiger partial charge in [-0.05, 0) is 37.3 Å². The quantitative estimate of drug-likeness (QED) is 0.501. The minimum Gasteiger partial charge on any atom is -0.397 e. The van der Waals surface area contributed by atoms with Gasteiger partial charge in [0.25, 0.3) is 0 Å². The zero-order chi connectivity index (χ0) is 19.1. The Hall–Kier alpha value is -3.05. The maximum absolute atomic E-state index is 13.1. The van der Waals surface area contributed by atoms with Crippen molar-refractivity contribution in [1.29, 1.82) is 0 Å². The Morgan fingerprint density at radius 3 is 2.64 bits per heavy atom. The number of aryl methyl sites for hydroxylation is 1. The van der Waals surface area contributed by atoms with Crippen LogP contribution >= 0.6 is 11.3 Å². The lowest BCUT2D eigenvalue weighted by atomic mass is 9.88. The van der Waals surface area contributed by atoms with Gasteiger partial charge in [-0.3, -0.25) is 9.78 Å². The number of benzene rings is 1. The minimum atomic E-state index is -0.0452. The Kier molecular flexibility index (Phi) is 4.17. The molecule has 0 bridgehead atoms. The van der Waals surface area contributed by atoms with E-state index in [1.807, 2.05) is 42.6 Å². The summed E-state index contributed by atoms with van der Waals surface area (Å²) in [5.41, 5.74) is 12.3. The second kappa shape index (κ2) is 6.84. The van der Waals surface area contributed by atoms with Crippen molar-refractivity contribution in [2.75, 3.05) is 5.73 Å². The highest BCUT2D eigenvalue weighted by Gasteiger charge is 2.26. The number of hydrogen-bond acceptors (Lipinski definition) is 5. The molecule has 0 saturated carbocycles. The van der Waals surface area contributed by atoms with Crippen LogP contribution in [0.1, 0.15) is 39.3 Å².